The highest BCUT2D eigenvalue weighted by Crippen LogP contribution is 2.17. The monoisotopic (exact) mass is 377 g/mol. The molecule has 3 rings (SSSR count). The molecule has 7 nitrogen and oxygen atoms in total. The molecule has 0 aliphatic rings. The van der Waals surface area contributed by atoms with E-state index < -0.39 is 0 Å². The number of hydrogen-bond acceptors (Lipinski definition) is 6. The average Bonchev–Trinajstić information content (AvgIpc) is 3.23. The highest BCUT2D eigenvalue weighted by Gasteiger charge is 2.09. The molecule has 118 valence electrons. The maximum absolute atomic E-state index is 11.7. The van der Waals surface area contributed by atoms with Gasteiger partial charge in [0, 0.05) is 6.07 Å². The Labute approximate surface area is 139 Å². The Hall–Kier alpha value is -2.61. The van der Waals surface area contributed by atoms with Crippen molar-refractivity contribution in [2.75, 3.05) is 13.2 Å². The van der Waals surface area contributed by atoms with Gasteiger partial charge in [0.05, 0.1) is 12.8 Å². The first-order chi connectivity index (χ1) is 11.2. The second-order valence-corrected chi connectivity index (χ2v) is 5.22. The quantitative estimate of drug-likeness (QED) is 0.664. The molecule has 8 heteroatoms. The predicted molar refractivity (Wildman–Crippen MR) is 84.0 cm³/mol. The lowest BCUT2D eigenvalue weighted by Gasteiger charge is -2.05. The molecule has 0 fully saturated rings. The first kappa shape index (κ1) is 15.3. The van der Waals surface area contributed by atoms with E-state index in [4.69, 9.17) is 13.6 Å². The number of aromatic nitrogens is 2. The SMILES string of the molecule is O=C(NCCOc1ccc(-c2ccco2)nn1)c1ccc(Br)o1. The third-order valence-corrected chi connectivity index (χ3v) is 3.27. The minimum Gasteiger partial charge on any atom is -0.475 e. The first-order valence-corrected chi connectivity index (χ1v) is 7.55. The number of amides is 1. The fraction of sp³-hybridized carbons (Fsp3) is 0.133. The van der Waals surface area contributed by atoms with Crippen LogP contribution in [0, 0.1) is 0 Å². The number of rotatable bonds is 6. The summed E-state index contributed by atoms with van der Waals surface area (Å²) < 4.78 is 16.3. The Kier molecular flexibility index (Phi) is 4.72. The van der Waals surface area contributed by atoms with Crippen molar-refractivity contribution in [3.63, 3.8) is 0 Å². The van der Waals surface area contributed by atoms with Crippen LogP contribution in [0.4, 0.5) is 0 Å². The summed E-state index contributed by atoms with van der Waals surface area (Å²) in [6.07, 6.45) is 1.57. The number of nitrogens with one attached hydrogen (secondary N) is 1. The second-order valence-electron chi connectivity index (χ2n) is 4.44. The van der Waals surface area contributed by atoms with E-state index in [9.17, 15) is 4.79 Å². The molecule has 0 aromatic carbocycles. The average molecular weight is 378 g/mol. The Morgan fingerprint density at radius 1 is 1.22 bits per heavy atom. The Morgan fingerprint density at radius 3 is 2.78 bits per heavy atom. The van der Waals surface area contributed by atoms with Crippen LogP contribution < -0.4 is 10.1 Å². The number of carbonyl (C=O) groups excluding carboxylic acids is 1. The zero-order chi connectivity index (χ0) is 16.1. The minimum atomic E-state index is -0.307. The number of nitrogens with zero attached hydrogens (tertiary/aromatic N) is 2. The fourth-order valence-electron chi connectivity index (χ4n) is 1.80. The number of hydrogen-bond donors (Lipinski definition) is 1. The van der Waals surface area contributed by atoms with Gasteiger partial charge in [0.1, 0.15) is 12.3 Å². The van der Waals surface area contributed by atoms with Gasteiger partial charge < -0.3 is 18.9 Å². The maximum atomic E-state index is 11.7. The van der Waals surface area contributed by atoms with Gasteiger partial charge >= 0.3 is 0 Å². The standard InChI is InChI=1S/C15H12BrN3O4/c16-13-5-4-12(23-13)15(20)17-7-9-22-14-6-3-10(18-19-14)11-2-1-8-21-11/h1-6,8H,7,9H2,(H,17,20). The summed E-state index contributed by atoms with van der Waals surface area (Å²) in [6, 6.07) is 10.3. The molecule has 0 spiro atoms. The van der Waals surface area contributed by atoms with Gasteiger partial charge in [-0.2, -0.15) is 0 Å². The molecule has 0 radical (unpaired) electrons. The lowest BCUT2D eigenvalue weighted by atomic mass is 10.3. The molecule has 23 heavy (non-hydrogen) atoms. The molecular formula is C15H12BrN3O4. The van der Waals surface area contributed by atoms with Crippen molar-refractivity contribution in [3.8, 4) is 17.3 Å². The molecule has 0 aliphatic heterocycles. The molecular weight excluding hydrogens is 366 g/mol. The fourth-order valence-corrected chi connectivity index (χ4v) is 2.10. The van der Waals surface area contributed by atoms with Crippen molar-refractivity contribution in [1.29, 1.82) is 0 Å². The molecule has 0 aliphatic carbocycles. The van der Waals surface area contributed by atoms with E-state index in [-0.39, 0.29) is 18.3 Å². The van der Waals surface area contributed by atoms with Gasteiger partial charge in [0.2, 0.25) is 5.88 Å². The van der Waals surface area contributed by atoms with Gasteiger partial charge in [-0.15, -0.1) is 10.2 Å². The predicted octanol–water partition coefficient (Wildman–Crippen LogP) is 2.90. The van der Waals surface area contributed by atoms with E-state index in [0.29, 0.717) is 28.5 Å². The highest BCUT2D eigenvalue weighted by molar-refractivity contribution is 9.10. The van der Waals surface area contributed by atoms with Crippen LogP contribution in [-0.2, 0) is 0 Å². The smallest absolute Gasteiger partial charge is 0.287 e. The molecule has 0 saturated heterocycles. The summed E-state index contributed by atoms with van der Waals surface area (Å²) in [5, 5.41) is 10.6. The summed E-state index contributed by atoms with van der Waals surface area (Å²) in [7, 11) is 0. The number of furan rings is 2. The molecule has 0 atom stereocenters. The molecule has 3 aromatic heterocycles. The third-order valence-electron chi connectivity index (χ3n) is 2.85. The molecule has 1 amide bonds. The van der Waals surface area contributed by atoms with Crippen molar-refractivity contribution in [2.24, 2.45) is 0 Å². The summed E-state index contributed by atoms with van der Waals surface area (Å²) in [4.78, 5) is 11.7. The van der Waals surface area contributed by atoms with E-state index in [1.807, 2.05) is 0 Å². The summed E-state index contributed by atoms with van der Waals surface area (Å²) >= 11 is 3.14. The van der Waals surface area contributed by atoms with E-state index in [0.717, 1.165) is 0 Å². The van der Waals surface area contributed by atoms with Crippen LogP contribution in [0.1, 0.15) is 10.6 Å². The molecule has 3 aromatic rings. The van der Waals surface area contributed by atoms with Gasteiger partial charge in [-0.1, -0.05) is 0 Å². The van der Waals surface area contributed by atoms with Crippen LogP contribution >= 0.6 is 15.9 Å². The highest BCUT2D eigenvalue weighted by atomic mass is 79.9. The number of halogens is 1. The van der Waals surface area contributed by atoms with E-state index in [2.05, 4.69) is 31.4 Å². The van der Waals surface area contributed by atoms with Crippen LogP contribution in [0.5, 0.6) is 5.88 Å². The molecule has 0 bridgehead atoms. The van der Waals surface area contributed by atoms with Gasteiger partial charge in [-0.25, -0.2) is 0 Å². The van der Waals surface area contributed by atoms with Crippen molar-refractivity contribution in [3.05, 3.63) is 53.1 Å². The van der Waals surface area contributed by atoms with Crippen molar-refractivity contribution in [1.82, 2.24) is 15.5 Å². The third kappa shape index (κ3) is 3.98. The second kappa shape index (κ2) is 7.10. The molecule has 1 N–H and O–H groups in total. The van der Waals surface area contributed by atoms with Crippen LogP contribution in [-0.4, -0.2) is 29.3 Å². The Balaban J connectivity index is 1.45. The topological polar surface area (TPSA) is 90.4 Å². The van der Waals surface area contributed by atoms with Crippen molar-refractivity contribution in [2.45, 2.75) is 0 Å². The van der Waals surface area contributed by atoms with E-state index >= 15 is 0 Å². The van der Waals surface area contributed by atoms with E-state index in [1.54, 1.807) is 42.7 Å². The lowest BCUT2D eigenvalue weighted by Crippen LogP contribution is -2.27. The zero-order valence-electron chi connectivity index (χ0n) is 11.9. The normalized spacial score (nSPS) is 10.5. The molecule has 3 heterocycles. The largest absolute Gasteiger partial charge is 0.475 e. The Bertz CT molecular complexity index is 768. The molecule has 0 unspecified atom stereocenters. The van der Waals surface area contributed by atoms with Gasteiger partial charge in [-0.3, -0.25) is 4.79 Å². The summed E-state index contributed by atoms with van der Waals surface area (Å²) in [6.45, 7) is 0.584. The lowest BCUT2D eigenvalue weighted by molar-refractivity contribution is 0.0917. The van der Waals surface area contributed by atoms with Gasteiger partial charge in [-0.05, 0) is 46.3 Å². The Morgan fingerprint density at radius 2 is 2.13 bits per heavy atom. The zero-order valence-corrected chi connectivity index (χ0v) is 13.4. The number of carbonyl (C=O) groups is 1. The minimum absolute atomic E-state index is 0.236. The summed E-state index contributed by atoms with van der Waals surface area (Å²) in [5.74, 6) is 0.939. The summed E-state index contributed by atoms with van der Waals surface area (Å²) in [5.41, 5.74) is 0.624. The van der Waals surface area contributed by atoms with Crippen molar-refractivity contribution >= 4 is 21.8 Å². The van der Waals surface area contributed by atoms with Crippen molar-refractivity contribution < 1.29 is 18.4 Å². The van der Waals surface area contributed by atoms with Gasteiger partial charge in [0.15, 0.2) is 16.2 Å². The first-order valence-electron chi connectivity index (χ1n) is 6.76. The van der Waals surface area contributed by atoms with Crippen LogP contribution in [0.2, 0.25) is 0 Å². The van der Waals surface area contributed by atoms with Crippen LogP contribution in [0.3, 0.4) is 0 Å². The number of ether oxygens (including phenoxy) is 1. The maximum Gasteiger partial charge on any atom is 0.287 e. The van der Waals surface area contributed by atoms with E-state index in [1.165, 1.54) is 0 Å². The van der Waals surface area contributed by atoms with Crippen LogP contribution in [0.15, 0.2) is 56.2 Å². The van der Waals surface area contributed by atoms with Crippen LogP contribution in [0.25, 0.3) is 11.5 Å². The van der Waals surface area contributed by atoms with Gasteiger partial charge in [0.25, 0.3) is 5.91 Å². The molecule has 0 saturated carbocycles.